The van der Waals surface area contributed by atoms with E-state index in [0.29, 0.717) is 13.0 Å². The van der Waals surface area contributed by atoms with Crippen LogP contribution in [0.5, 0.6) is 0 Å². The molecule has 1 atom stereocenters. The van der Waals surface area contributed by atoms with E-state index in [4.69, 9.17) is 4.74 Å². The number of rotatable bonds is 7. The van der Waals surface area contributed by atoms with Gasteiger partial charge in [0.15, 0.2) is 0 Å². The molecule has 0 saturated heterocycles. The van der Waals surface area contributed by atoms with E-state index in [-0.39, 0.29) is 6.10 Å². The first kappa shape index (κ1) is 13.1. The van der Waals surface area contributed by atoms with Gasteiger partial charge in [-0.25, -0.2) is 0 Å². The average Bonchev–Trinajstić information content (AvgIpc) is 2.25. The number of hydrogen-bond acceptors (Lipinski definition) is 4. The molecule has 16 heavy (non-hydrogen) atoms. The molecule has 0 bridgehead atoms. The zero-order chi connectivity index (χ0) is 11.8. The van der Waals surface area contributed by atoms with Crippen LogP contribution in [0.2, 0.25) is 0 Å². The molecular weight excluding hydrogens is 204 g/mol. The highest BCUT2D eigenvalue weighted by molar-refractivity contribution is 5.16. The highest BCUT2D eigenvalue weighted by Gasteiger charge is 2.02. The van der Waals surface area contributed by atoms with Crippen molar-refractivity contribution in [2.45, 2.75) is 26.0 Å². The van der Waals surface area contributed by atoms with Crippen molar-refractivity contribution in [1.82, 2.24) is 10.3 Å². The number of nitrogens with one attached hydrogen (secondary N) is 1. The fourth-order valence-corrected chi connectivity index (χ4v) is 1.49. The van der Waals surface area contributed by atoms with Crippen LogP contribution in [0.1, 0.15) is 17.5 Å². The van der Waals surface area contributed by atoms with Crippen molar-refractivity contribution >= 4 is 0 Å². The van der Waals surface area contributed by atoms with Crippen LogP contribution in [0, 0.1) is 6.92 Å². The summed E-state index contributed by atoms with van der Waals surface area (Å²) in [5, 5.41) is 12.7. The lowest BCUT2D eigenvalue weighted by atomic mass is 10.2. The second-order valence-electron chi connectivity index (χ2n) is 3.95. The summed E-state index contributed by atoms with van der Waals surface area (Å²) in [4.78, 5) is 4.12. The van der Waals surface area contributed by atoms with Crippen LogP contribution in [0.15, 0.2) is 18.5 Å². The number of aliphatic hydroxyl groups is 1. The molecule has 1 heterocycles. The predicted molar refractivity (Wildman–Crippen MR) is 63.2 cm³/mol. The first-order valence-electron chi connectivity index (χ1n) is 5.50. The molecule has 1 aromatic rings. The first-order valence-corrected chi connectivity index (χ1v) is 5.50. The Morgan fingerprint density at radius 2 is 2.31 bits per heavy atom. The maximum absolute atomic E-state index is 9.41. The Kier molecular flexibility index (Phi) is 6.00. The van der Waals surface area contributed by atoms with Crippen molar-refractivity contribution in [2.75, 3.05) is 20.3 Å². The second-order valence-corrected chi connectivity index (χ2v) is 3.95. The zero-order valence-corrected chi connectivity index (χ0v) is 9.94. The zero-order valence-electron chi connectivity index (χ0n) is 9.94. The Hall–Kier alpha value is -0.970. The molecule has 0 radical (unpaired) electrons. The molecule has 0 aliphatic heterocycles. The SMILES string of the molecule is COCC(O)CCNCc1cncc(C)c1. The minimum atomic E-state index is -0.381. The topological polar surface area (TPSA) is 54.4 Å². The van der Waals surface area contributed by atoms with Gasteiger partial charge >= 0.3 is 0 Å². The third kappa shape index (κ3) is 5.21. The molecule has 1 aromatic heterocycles. The lowest BCUT2D eigenvalue weighted by Gasteiger charge is -2.10. The van der Waals surface area contributed by atoms with E-state index in [2.05, 4.69) is 16.4 Å². The first-order chi connectivity index (χ1) is 7.72. The summed E-state index contributed by atoms with van der Waals surface area (Å²) in [7, 11) is 1.59. The molecule has 1 unspecified atom stereocenters. The van der Waals surface area contributed by atoms with Crippen LogP contribution in [-0.4, -0.2) is 36.5 Å². The van der Waals surface area contributed by atoms with Gasteiger partial charge in [0, 0.05) is 26.0 Å². The van der Waals surface area contributed by atoms with Gasteiger partial charge in [-0.1, -0.05) is 6.07 Å². The number of methoxy groups -OCH3 is 1. The number of nitrogens with zero attached hydrogens (tertiary/aromatic N) is 1. The molecule has 90 valence electrons. The third-order valence-corrected chi connectivity index (χ3v) is 2.27. The van der Waals surface area contributed by atoms with Crippen molar-refractivity contribution in [3.05, 3.63) is 29.6 Å². The fraction of sp³-hybridized carbons (Fsp3) is 0.583. The molecule has 0 amide bonds. The van der Waals surface area contributed by atoms with Crippen molar-refractivity contribution < 1.29 is 9.84 Å². The molecule has 0 fully saturated rings. The lowest BCUT2D eigenvalue weighted by molar-refractivity contribution is 0.0594. The summed E-state index contributed by atoms with van der Waals surface area (Å²) >= 11 is 0. The van der Waals surface area contributed by atoms with Gasteiger partial charge in [0.1, 0.15) is 0 Å². The number of pyridine rings is 1. The number of hydrogen-bond donors (Lipinski definition) is 2. The summed E-state index contributed by atoms with van der Waals surface area (Å²) < 4.78 is 4.85. The molecule has 1 rings (SSSR count). The molecule has 0 aromatic carbocycles. The molecule has 0 spiro atoms. The van der Waals surface area contributed by atoms with Gasteiger partial charge in [-0.15, -0.1) is 0 Å². The van der Waals surface area contributed by atoms with Crippen molar-refractivity contribution in [1.29, 1.82) is 0 Å². The molecule has 0 aliphatic carbocycles. The van der Waals surface area contributed by atoms with Gasteiger partial charge in [-0.05, 0) is 31.0 Å². The Morgan fingerprint density at radius 3 is 3.00 bits per heavy atom. The third-order valence-electron chi connectivity index (χ3n) is 2.27. The lowest BCUT2D eigenvalue weighted by Crippen LogP contribution is -2.23. The van der Waals surface area contributed by atoms with Crippen LogP contribution in [0.25, 0.3) is 0 Å². The number of aliphatic hydroxyl groups excluding tert-OH is 1. The van der Waals surface area contributed by atoms with E-state index in [9.17, 15) is 5.11 Å². The average molecular weight is 224 g/mol. The summed E-state index contributed by atoms with van der Waals surface area (Å²) in [6.45, 7) is 3.99. The monoisotopic (exact) mass is 224 g/mol. The van der Waals surface area contributed by atoms with E-state index in [1.807, 2.05) is 19.3 Å². The van der Waals surface area contributed by atoms with Crippen LogP contribution in [0.3, 0.4) is 0 Å². The van der Waals surface area contributed by atoms with E-state index >= 15 is 0 Å². The van der Waals surface area contributed by atoms with E-state index in [1.54, 1.807) is 7.11 Å². The minimum Gasteiger partial charge on any atom is -0.391 e. The van der Waals surface area contributed by atoms with Gasteiger partial charge in [0.25, 0.3) is 0 Å². The van der Waals surface area contributed by atoms with E-state index in [1.165, 1.54) is 11.1 Å². The molecule has 4 heteroatoms. The predicted octanol–water partition coefficient (Wildman–Crippen LogP) is 0.877. The Bertz CT molecular complexity index is 305. The van der Waals surface area contributed by atoms with Crippen molar-refractivity contribution in [2.24, 2.45) is 0 Å². The van der Waals surface area contributed by atoms with Gasteiger partial charge < -0.3 is 15.2 Å². The Morgan fingerprint density at radius 1 is 1.50 bits per heavy atom. The van der Waals surface area contributed by atoms with Gasteiger partial charge in [-0.3, -0.25) is 4.98 Å². The fourth-order valence-electron chi connectivity index (χ4n) is 1.49. The Labute approximate surface area is 96.7 Å². The van der Waals surface area contributed by atoms with E-state index in [0.717, 1.165) is 13.1 Å². The largest absolute Gasteiger partial charge is 0.391 e. The maximum atomic E-state index is 9.41. The summed E-state index contributed by atoms with van der Waals surface area (Å²) in [5.74, 6) is 0. The van der Waals surface area contributed by atoms with Crippen molar-refractivity contribution in [3.8, 4) is 0 Å². The quantitative estimate of drug-likeness (QED) is 0.675. The number of aryl methyl sites for hydroxylation is 1. The summed E-state index contributed by atoms with van der Waals surface area (Å²) in [6, 6.07) is 2.10. The number of aromatic nitrogens is 1. The van der Waals surface area contributed by atoms with Gasteiger partial charge in [0.05, 0.1) is 12.7 Å². The molecular formula is C12H20N2O2. The summed E-state index contributed by atoms with van der Waals surface area (Å²) in [5.41, 5.74) is 2.33. The van der Waals surface area contributed by atoms with Crippen molar-refractivity contribution in [3.63, 3.8) is 0 Å². The normalized spacial score (nSPS) is 12.7. The van der Waals surface area contributed by atoms with Crippen LogP contribution >= 0.6 is 0 Å². The minimum absolute atomic E-state index is 0.381. The molecule has 4 nitrogen and oxygen atoms in total. The molecule has 0 aliphatic rings. The maximum Gasteiger partial charge on any atom is 0.0785 e. The van der Waals surface area contributed by atoms with Crippen LogP contribution in [-0.2, 0) is 11.3 Å². The molecule has 0 saturated carbocycles. The highest BCUT2D eigenvalue weighted by atomic mass is 16.5. The molecule has 2 N–H and O–H groups in total. The second kappa shape index (κ2) is 7.33. The standard InChI is InChI=1S/C12H20N2O2/c1-10-5-11(8-14-6-10)7-13-4-3-12(15)9-16-2/h5-6,8,12-13,15H,3-4,7,9H2,1-2H3. The Balaban J connectivity index is 2.16. The smallest absolute Gasteiger partial charge is 0.0785 e. The summed E-state index contributed by atoms with van der Waals surface area (Å²) in [6.07, 6.45) is 4.01. The van der Waals surface area contributed by atoms with Crippen LogP contribution in [0.4, 0.5) is 0 Å². The highest BCUT2D eigenvalue weighted by Crippen LogP contribution is 2.00. The van der Waals surface area contributed by atoms with Crippen LogP contribution < -0.4 is 5.32 Å². The van der Waals surface area contributed by atoms with Gasteiger partial charge in [0.2, 0.25) is 0 Å². The van der Waals surface area contributed by atoms with E-state index < -0.39 is 0 Å². The van der Waals surface area contributed by atoms with Gasteiger partial charge in [-0.2, -0.15) is 0 Å². The number of ether oxygens (including phenoxy) is 1.